The van der Waals surface area contributed by atoms with Crippen LogP contribution in [-0.2, 0) is 26.0 Å². The molecule has 0 spiro atoms. The minimum Gasteiger partial charge on any atom is -0.354 e. The van der Waals surface area contributed by atoms with Crippen LogP contribution >= 0.6 is 0 Å². The van der Waals surface area contributed by atoms with Crippen molar-refractivity contribution in [1.29, 1.82) is 0 Å². The van der Waals surface area contributed by atoms with Crippen LogP contribution in [0.1, 0.15) is 17.5 Å². The maximum absolute atomic E-state index is 12.4. The molecule has 0 saturated carbocycles. The van der Waals surface area contributed by atoms with E-state index in [4.69, 9.17) is 5.14 Å². The Morgan fingerprint density at radius 1 is 1.10 bits per heavy atom. The number of nitrogens with zero attached hydrogens (tertiary/aromatic N) is 1. The molecular formula is C21H23N3O4S. The Kier molecular flexibility index (Phi) is 6.46. The zero-order valence-electron chi connectivity index (χ0n) is 15.8. The van der Waals surface area contributed by atoms with Crippen LogP contribution in [0.3, 0.4) is 0 Å². The molecule has 0 bridgehead atoms. The van der Waals surface area contributed by atoms with E-state index in [1.807, 2.05) is 30.3 Å². The van der Waals surface area contributed by atoms with Crippen LogP contribution in [0.15, 0.2) is 65.6 Å². The van der Waals surface area contributed by atoms with Gasteiger partial charge in [0, 0.05) is 19.2 Å². The summed E-state index contributed by atoms with van der Waals surface area (Å²) in [4.78, 5) is 26.3. The second-order valence-electron chi connectivity index (χ2n) is 6.81. The van der Waals surface area contributed by atoms with Crippen LogP contribution in [0.5, 0.6) is 0 Å². The summed E-state index contributed by atoms with van der Waals surface area (Å²) in [6, 6.07) is 15.3. The number of carbonyl (C=O) groups excluding carboxylic acids is 2. The van der Waals surface area contributed by atoms with Gasteiger partial charge < -0.3 is 10.2 Å². The molecule has 0 aromatic heterocycles. The van der Waals surface area contributed by atoms with Crippen molar-refractivity contribution in [3.05, 3.63) is 71.8 Å². The monoisotopic (exact) mass is 413 g/mol. The highest BCUT2D eigenvalue weighted by Gasteiger charge is 2.36. The molecule has 1 heterocycles. The molecule has 152 valence electrons. The van der Waals surface area contributed by atoms with Crippen molar-refractivity contribution in [3.8, 4) is 0 Å². The highest BCUT2D eigenvalue weighted by molar-refractivity contribution is 7.89. The number of hydrogen-bond acceptors (Lipinski definition) is 4. The molecule has 2 aromatic rings. The summed E-state index contributed by atoms with van der Waals surface area (Å²) in [7, 11) is -3.71. The van der Waals surface area contributed by atoms with E-state index in [2.05, 4.69) is 5.32 Å². The van der Waals surface area contributed by atoms with Gasteiger partial charge in [-0.05, 0) is 42.2 Å². The van der Waals surface area contributed by atoms with Crippen molar-refractivity contribution in [2.75, 3.05) is 13.1 Å². The van der Waals surface area contributed by atoms with E-state index < -0.39 is 16.1 Å². The molecule has 3 rings (SSSR count). The van der Waals surface area contributed by atoms with E-state index in [1.165, 1.54) is 18.2 Å². The molecule has 8 heteroatoms. The first-order valence-corrected chi connectivity index (χ1v) is 10.8. The number of sulfonamides is 1. The van der Waals surface area contributed by atoms with Crippen LogP contribution in [0, 0.1) is 0 Å². The SMILES string of the molecule is NS(=O)(=O)c1ccc(CCNC(=O)C2CCN2C(=O)/C=C/c2ccccc2)cc1. The van der Waals surface area contributed by atoms with Crippen molar-refractivity contribution >= 4 is 27.9 Å². The molecule has 1 fully saturated rings. The van der Waals surface area contributed by atoms with E-state index >= 15 is 0 Å². The average molecular weight is 413 g/mol. The Bertz CT molecular complexity index is 1000. The van der Waals surface area contributed by atoms with Gasteiger partial charge in [-0.3, -0.25) is 9.59 Å². The summed E-state index contributed by atoms with van der Waals surface area (Å²) >= 11 is 0. The first kappa shape index (κ1) is 20.8. The third-order valence-corrected chi connectivity index (χ3v) is 5.72. The Labute approximate surface area is 170 Å². The zero-order valence-corrected chi connectivity index (χ0v) is 16.6. The quantitative estimate of drug-likeness (QED) is 0.667. The summed E-state index contributed by atoms with van der Waals surface area (Å²) in [5, 5.41) is 7.91. The topological polar surface area (TPSA) is 110 Å². The fourth-order valence-corrected chi connectivity index (χ4v) is 3.56. The van der Waals surface area contributed by atoms with Crippen LogP contribution in [0.2, 0.25) is 0 Å². The van der Waals surface area contributed by atoms with Gasteiger partial charge in [-0.25, -0.2) is 13.6 Å². The molecule has 1 atom stereocenters. The number of nitrogens with two attached hydrogens (primary N) is 1. The van der Waals surface area contributed by atoms with E-state index in [-0.39, 0.29) is 16.7 Å². The van der Waals surface area contributed by atoms with Crippen LogP contribution in [0.4, 0.5) is 0 Å². The van der Waals surface area contributed by atoms with Crippen LogP contribution < -0.4 is 10.5 Å². The summed E-state index contributed by atoms with van der Waals surface area (Å²) in [5.74, 6) is -0.363. The minimum absolute atomic E-state index is 0.0532. The molecule has 1 aliphatic heterocycles. The zero-order chi connectivity index (χ0) is 20.9. The summed E-state index contributed by atoms with van der Waals surface area (Å²) < 4.78 is 22.5. The highest BCUT2D eigenvalue weighted by atomic mass is 32.2. The van der Waals surface area contributed by atoms with Crippen molar-refractivity contribution in [3.63, 3.8) is 0 Å². The highest BCUT2D eigenvalue weighted by Crippen LogP contribution is 2.18. The molecule has 1 saturated heterocycles. The Morgan fingerprint density at radius 3 is 2.38 bits per heavy atom. The van der Waals surface area contributed by atoms with Gasteiger partial charge in [-0.15, -0.1) is 0 Å². The number of amides is 2. The molecule has 2 aromatic carbocycles. The van der Waals surface area contributed by atoms with Gasteiger partial charge in [-0.2, -0.15) is 0 Å². The molecular weight excluding hydrogens is 390 g/mol. The van der Waals surface area contributed by atoms with Gasteiger partial charge in [0.1, 0.15) is 6.04 Å². The maximum Gasteiger partial charge on any atom is 0.247 e. The van der Waals surface area contributed by atoms with E-state index in [0.29, 0.717) is 25.9 Å². The minimum atomic E-state index is -3.71. The number of carbonyl (C=O) groups is 2. The Balaban J connectivity index is 1.47. The fourth-order valence-electron chi connectivity index (χ4n) is 3.04. The number of primary sulfonamides is 1. The molecule has 0 aliphatic carbocycles. The fraction of sp³-hybridized carbons (Fsp3) is 0.238. The molecule has 0 radical (unpaired) electrons. The van der Waals surface area contributed by atoms with E-state index in [0.717, 1.165) is 11.1 Å². The summed E-state index contributed by atoms with van der Waals surface area (Å²) in [5.41, 5.74) is 1.81. The predicted molar refractivity (Wildman–Crippen MR) is 110 cm³/mol. The number of nitrogens with one attached hydrogen (secondary N) is 1. The van der Waals surface area contributed by atoms with Crippen LogP contribution in [-0.4, -0.2) is 44.3 Å². The number of benzene rings is 2. The third-order valence-electron chi connectivity index (χ3n) is 4.79. The van der Waals surface area contributed by atoms with Gasteiger partial charge in [-0.1, -0.05) is 42.5 Å². The molecule has 2 amide bonds. The lowest BCUT2D eigenvalue weighted by Crippen LogP contribution is -2.58. The smallest absolute Gasteiger partial charge is 0.247 e. The lowest BCUT2D eigenvalue weighted by atomic mass is 10.0. The standard InChI is InChI=1S/C21H23N3O4S/c22-29(27,28)18-9-6-17(7-10-18)12-14-23-21(26)19-13-15-24(19)20(25)11-8-16-4-2-1-3-5-16/h1-11,19H,12-15H2,(H,23,26)(H2,22,27,28)/b11-8+. The summed E-state index contributed by atoms with van der Waals surface area (Å²) in [6.45, 7) is 0.955. The number of likely N-dealkylation sites (tertiary alicyclic amines) is 1. The molecule has 1 unspecified atom stereocenters. The lowest BCUT2D eigenvalue weighted by Gasteiger charge is -2.39. The Hall–Kier alpha value is -2.97. The van der Waals surface area contributed by atoms with Gasteiger partial charge in [0.15, 0.2) is 0 Å². The predicted octanol–water partition coefficient (Wildman–Crippen LogP) is 1.31. The number of hydrogen-bond donors (Lipinski definition) is 2. The largest absolute Gasteiger partial charge is 0.354 e. The lowest BCUT2D eigenvalue weighted by molar-refractivity contribution is -0.143. The molecule has 3 N–H and O–H groups in total. The van der Waals surface area contributed by atoms with E-state index in [9.17, 15) is 18.0 Å². The first-order chi connectivity index (χ1) is 13.8. The van der Waals surface area contributed by atoms with Crippen LogP contribution in [0.25, 0.3) is 6.08 Å². The van der Waals surface area contributed by atoms with Crippen molar-refractivity contribution in [2.45, 2.75) is 23.8 Å². The van der Waals surface area contributed by atoms with Crippen molar-refractivity contribution in [1.82, 2.24) is 10.2 Å². The number of rotatable bonds is 7. The van der Waals surface area contributed by atoms with Gasteiger partial charge >= 0.3 is 0 Å². The maximum atomic E-state index is 12.4. The van der Waals surface area contributed by atoms with Gasteiger partial charge in [0.05, 0.1) is 4.90 Å². The third kappa shape index (κ3) is 5.52. The van der Waals surface area contributed by atoms with Gasteiger partial charge in [0.2, 0.25) is 21.8 Å². The normalized spacial score (nSPS) is 16.4. The van der Waals surface area contributed by atoms with Gasteiger partial charge in [0.25, 0.3) is 0 Å². The molecule has 29 heavy (non-hydrogen) atoms. The second kappa shape index (κ2) is 9.02. The Morgan fingerprint density at radius 2 is 1.79 bits per heavy atom. The molecule has 7 nitrogen and oxygen atoms in total. The molecule has 1 aliphatic rings. The first-order valence-electron chi connectivity index (χ1n) is 9.28. The van der Waals surface area contributed by atoms with Crippen molar-refractivity contribution < 1.29 is 18.0 Å². The second-order valence-corrected chi connectivity index (χ2v) is 8.37. The van der Waals surface area contributed by atoms with E-state index in [1.54, 1.807) is 23.1 Å². The summed E-state index contributed by atoms with van der Waals surface area (Å²) in [6.07, 6.45) is 4.41. The van der Waals surface area contributed by atoms with Crippen molar-refractivity contribution in [2.24, 2.45) is 5.14 Å². The average Bonchev–Trinajstić information content (AvgIpc) is 2.66.